The molecule has 1 heterocycles. The predicted molar refractivity (Wildman–Crippen MR) is 65.6 cm³/mol. The first kappa shape index (κ1) is 12.1. The molecule has 2 rings (SSSR count). The van der Waals surface area contributed by atoms with Crippen LogP contribution in [0.5, 0.6) is 0 Å². The van der Waals surface area contributed by atoms with Crippen LogP contribution in [-0.2, 0) is 0 Å². The van der Waals surface area contributed by atoms with Gasteiger partial charge in [0.25, 0.3) is 0 Å². The number of rotatable bonds is 4. The van der Waals surface area contributed by atoms with Gasteiger partial charge in [0.2, 0.25) is 0 Å². The van der Waals surface area contributed by atoms with Crippen molar-refractivity contribution in [2.24, 2.45) is 0 Å². The van der Waals surface area contributed by atoms with Crippen LogP contribution >= 0.6 is 11.6 Å². The summed E-state index contributed by atoms with van der Waals surface area (Å²) in [4.78, 5) is 0. The second-order valence-corrected chi connectivity index (χ2v) is 4.06. The Bertz CT molecular complexity index is 498. The van der Waals surface area contributed by atoms with E-state index in [0.717, 1.165) is 12.1 Å². The Labute approximate surface area is 104 Å². The van der Waals surface area contributed by atoms with Crippen LogP contribution in [0, 0.1) is 5.82 Å². The highest BCUT2D eigenvalue weighted by Crippen LogP contribution is 2.26. The third-order valence-electron chi connectivity index (χ3n) is 2.47. The molecule has 2 aromatic rings. The highest BCUT2D eigenvalue weighted by molar-refractivity contribution is 6.28. The summed E-state index contributed by atoms with van der Waals surface area (Å²) in [6.07, 6.45) is 0. The summed E-state index contributed by atoms with van der Waals surface area (Å²) in [6.45, 7) is 2.73. The molecule has 90 valence electrons. The van der Waals surface area contributed by atoms with Gasteiger partial charge in [-0.05, 0) is 48.0 Å². The van der Waals surface area contributed by atoms with Gasteiger partial charge >= 0.3 is 0 Å². The van der Waals surface area contributed by atoms with E-state index < -0.39 is 0 Å². The molecule has 0 saturated carbocycles. The summed E-state index contributed by atoms with van der Waals surface area (Å²) in [5.41, 5.74) is 0.817. The lowest BCUT2D eigenvalue weighted by Crippen LogP contribution is -2.21. The largest absolute Gasteiger partial charge is 0.448 e. The first-order valence-electron chi connectivity index (χ1n) is 5.44. The maximum absolute atomic E-state index is 13.2. The molecule has 1 N–H and O–H groups in total. The van der Waals surface area contributed by atoms with E-state index in [1.807, 2.05) is 13.0 Å². The summed E-state index contributed by atoms with van der Waals surface area (Å²) in [6, 6.07) is 9.74. The van der Waals surface area contributed by atoms with Gasteiger partial charge in [-0.25, -0.2) is 4.39 Å². The maximum atomic E-state index is 13.2. The number of halogens is 2. The summed E-state index contributed by atoms with van der Waals surface area (Å²) in [5, 5.41) is 3.57. The van der Waals surface area contributed by atoms with E-state index in [0.29, 0.717) is 11.0 Å². The fourth-order valence-electron chi connectivity index (χ4n) is 1.76. The second kappa shape index (κ2) is 5.34. The van der Waals surface area contributed by atoms with Gasteiger partial charge in [0.05, 0.1) is 6.04 Å². The van der Waals surface area contributed by atoms with E-state index >= 15 is 0 Å². The fraction of sp³-hybridized carbons (Fsp3) is 0.231. The average molecular weight is 254 g/mol. The lowest BCUT2D eigenvalue weighted by molar-refractivity contribution is 0.452. The Morgan fingerprint density at radius 1 is 1.35 bits per heavy atom. The Hall–Kier alpha value is -1.32. The van der Waals surface area contributed by atoms with Gasteiger partial charge in [0, 0.05) is 0 Å². The summed E-state index contributed by atoms with van der Waals surface area (Å²) >= 11 is 5.75. The second-order valence-electron chi connectivity index (χ2n) is 3.69. The molecule has 0 amide bonds. The van der Waals surface area contributed by atoms with Crippen molar-refractivity contribution in [2.45, 2.75) is 13.0 Å². The molecule has 4 heteroatoms. The highest BCUT2D eigenvalue weighted by Gasteiger charge is 2.17. The number of benzene rings is 1. The maximum Gasteiger partial charge on any atom is 0.193 e. The van der Waals surface area contributed by atoms with Gasteiger partial charge in [-0.2, -0.15) is 0 Å². The van der Waals surface area contributed by atoms with Crippen molar-refractivity contribution in [1.82, 2.24) is 5.32 Å². The van der Waals surface area contributed by atoms with Crippen LogP contribution in [-0.4, -0.2) is 6.54 Å². The third-order valence-corrected chi connectivity index (χ3v) is 2.67. The van der Waals surface area contributed by atoms with Crippen molar-refractivity contribution in [2.75, 3.05) is 6.54 Å². The van der Waals surface area contributed by atoms with Gasteiger partial charge in [0.1, 0.15) is 11.6 Å². The van der Waals surface area contributed by atoms with E-state index in [9.17, 15) is 4.39 Å². The fourth-order valence-corrected chi connectivity index (χ4v) is 1.91. The zero-order chi connectivity index (χ0) is 12.3. The van der Waals surface area contributed by atoms with Gasteiger partial charge in [-0.3, -0.25) is 0 Å². The van der Waals surface area contributed by atoms with Crippen molar-refractivity contribution < 1.29 is 8.81 Å². The van der Waals surface area contributed by atoms with E-state index in [4.69, 9.17) is 16.0 Å². The lowest BCUT2D eigenvalue weighted by Gasteiger charge is -2.15. The normalized spacial score (nSPS) is 12.6. The minimum absolute atomic E-state index is 0.178. The van der Waals surface area contributed by atoms with E-state index in [-0.39, 0.29) is 11.9 Å². The van der Waals surface area contributed by atoms with Crippen molar-refractivity contribution >= 4 is 11.6 Å². The molecule has 0 aliphatic carbocycles. The smallest absolute Gasteiger partial charge is 0.193 e. The molecule has 0 radical (unpaired) electrons. The van der Waals surface area contributed by atoms with Crippen LogP contribution < -0.4 is 5.32 Å². The first-order valence-corrected chi connectivity index (χ1v) is 5.82. The molecule has 17 heavy (non-hydrogen) atoms. The van der Waals surface area contributed by atoms with Gasteiger partial charge in [-0.1, -0.05) is 19.1 Å². The average Bonchev–Trinajstić information content (AvgIpc) is 2.72. The third kappa shape index (κ3) is 2.87. The van der Waals surface area contributed by atoms with Crippen LogP contribution in [0.3, 0.4) is 0 Å². The number of hydrogen-bond donors (Lipinski definition) is 1. The Kier molecular flexibility index (Phi) is 3.82. The SMILES string of the molecule is CCNC(c1cccc(F)c1)c1ccc(Cl)o1. The van der Waals surface area contributed by atoms with Crippen molar-refractivity contribution in [3.63, 3.8) is 0 Å². The summed E-state index contributed by atoms with van der Waals surface area (Å²) < 4.78 is 18.6. The molecule has 0 aliphatic heterocycles. The lowest BCUT2D eigenvalue weighted by atomic mass is 10.0. The molecule has 1 unspecified atom stereocenters. The van der Waals surface area contributed by atoms with E-state index in [1.54, 1.807) is 18.2 Å². The highest BCUT2D eigenvalue weighted by atomic mass is 35.5. The molecule has 1 aromatic heterocycles. The zero-order valence-electron chi connectivity index (χ0n) is 9.41. The molecule has 0 aliphatic rings. The summed E-state index contributed by atoms with van der Waals surface area (Å²) in [5.74, 6) is 0.422. The van der Waals surface area contributed by atoms with Crippen molar-refractivity contribution in [3.8, 4) is 0 Å². The van der Waals surface area contributed by atoms with Crippen molar-refractivity contribution in [1.29, 1.82) is 0 Å². The van der Waals surface area contributed by atoms with E-state index in [2.05, 4.69) is 5.32 Å². The molecular formula is C13H13ClFNO. The molecule has 0 saturated heterocycles. The topological polar surface area (TPSA) is 25.2 Å². The standard InChI is InChI=1S/C13H13ClFNO/c1-2-16-13(11-6-7-12(14)17-11)9-4-3-5-10(15)8-9/h3-8,13,16H,2H2,1H3. The molecule has 2 nitrogen and oxygen atoms in total. The molecule has 0 bridgehead atoms. The van der Waals surface area contributed by atoms with Gasteiger partial charge in [-0.15, -0.1) is 0 Å². The number of furan rings is 1. The Balaban J connectivity index is 2.35. The molecular weight excluding hydrogens is 241 g/mol. The number of nitrogens with one attached hydrogen (secondary N) is 1. The van der Waals surface area contributed by atoms with Gasteiger partial charge in [0.15, 0.2) is 5.22 Å². The molecule has 0 spiro atoms. The molecule has 1 aromatic carbocycles. The van der Waals surface area contributed by atoms with Crippen LogP contribution in [0.25, 0.3) is 0 Å². The summed E-state index contributed by atoms with van der Waals surface area (Å²) in [7, 11) is 0. The zero-order valence-corrected chi connectivity index (χ0v) is 10.2. The Morgan fingerprint density at radius 2 is 2.18 bits per heavy atom. The predicted octanol–water partition coefficient (Wildman–Crippen LogP) is 3.77. The van der Waals surface area contributed by atoms with E-state index in [1.165, 1.54) is 12.1 Å². The van der Waals surface area contributed by atoms with Crippen molar-refractivity contribution in [3.05, 3.63) is 58.8 Å². The monoisotopic (exact) mass is 253 g/mol. The van der Waals surface area contributed by atoms with Crippen LogP contribution in [0.15, 0.2) is 40.8 Å². The quantitative estimate of drug-likeness (QED) is 0.897. The van der Waals surface area contributed by atoms with Gasteiger partial charge < -0.3 is 9.73 Å². The first-order chi connectivity index (χ1) is 8.20. The number of hydrogen-bond acceptors (Lipinski definition) is 2. The molecule has 1 atom stereocenters. The minimum atomic E-state index is -0.261. The van der Waals surface area contributed by atoms with Crippen LogP contribution in [0.1, 0.15) is 24.3 Å². The minimum Gasteiger partial charge on any atom is -0.448 e. The Morgan fingerprint density at radius 3 is 2.76 bits per heavy atom. The van der Waals surface area contributed by atoms with Crippen LogP contribution in [0.2, 0.25) is 5.22 Å². The molecule has 0 fully saturated rings. The van der Waals surface area contributed by atoms with Crippen LogP contribution in [0.4, 0.5) is 4.39 Å².